The molecular formula is C16H15BrN2O2. The smallest absolute Gasteiger partial charge is 0.273 e. The van der Waals surface area contributed by atoms with Gasteiger partial charge in [-0.1, -0.05) is 52.3 Å². The van der Waals surface area contributed by atoms with E-state index in [4.69, 9.17) is 0 Å². The first-order chi connectivity index (χ1) is 10.2. The molecule has 21 heavy (non-hydrogen) atoms. The first kappa shape index (κ1) is 15.1. The van der Waals surface area contributed by atoms with Gasteiger partial charge in [-0.3, -0.25) is 10.2 Å². The number of phenolic OH excluding ortho intramolecular Hbond substituents is 1. The lowest BCUT2D eigenvalue weighted by atomic mass is 10.1. The molecule has 4 nitrogen and oxygen atoms in total. The molecule has 0 aliphatic heterocycles. The van der Waals surface area contributed by atoms with Crippen LogP contribution in [-0.4, -0.2) is 11.0 Å². The number of allylic oxidation sites excluding steroid dienone is 1. The Kier molecular flexibility index (Phi) is 5.40. The quantitative estimate of drug-likeness (QED) is 0.729. The molecule has 0 saturated carbocycles. The van der Waals surface area contributed by atoms with Crippen LogP contribution in [0.1, 0.15) is 15.9 Å². The molecule has 1 amide bonds. The SMILES string of the molecule is O=C(NNC=CCc1ccccc1)c1cc(Br)ccc1O. The van der Waals surface area contributed by atoms with Gasteiger partial charge in [0, 0.05) is 10.7 Å². The van der Waals surface area contributed by atoms with Crippen molar-refractivity contribution in [1.82, 2.24) is 10.9 Å². The van der Waals surface area contributed by atoms with Crippen LogP contribution in [0.2, 0.25) is 0 Å². The van der Waals surface area contributed by atoms with Gasteiger partial charge in [-0.2, -0.15) is 0 Å². The van der Waals surface area contributed by atoms with Crippen molar-refractivity contribution in [2.75, 3.05) is 0 Å². The summed E-state index contributed by atoms with van der Waals surface area (Å²) < 4.78 is 0.727. The van der Waals surface area contributed by atoms with Crippen molar-refractivity contribution in [2.45, 2.75) is 6.42 Å². The van der Waals surface area contributed by atoms with Gasteiger partial charge in [-0.25, -0.2) is 0 Å². The lowest BCUT2D eigenvalue weighted by Crippen LogP contribution is -2.33. The molecule has 3 N–H and O–H groups in total. The molecule has 5 heteroatoms. The van der Waals surface area contributed by atoms with E-state index in [0.717, 1.165) is 10.9 Å². The molecule has 0 saturated heterocycles. The van der Waals surface area contributed by atoms with Crippen LogP contribution in [-0.2, 0) is 6.42 Å². The molecule has 0 heterocycles. The van der Waals surface area contributed by atoms with E-state index in [2.05, 4.69) is 26.8 Å². The molecule has 0 radical (unpaired) electrons. The molecule has 2 aromatic rings. The average molecular weight is 347 g/mol. The van der Waals surface area contributed by atoms with E-state index in [1.807, 2.05) is 36.4 Å². The minimum Gasteiger partial charge on any atom is -0.507 e. The molecule has 0 fully saturated rings. The van der Waals surface area contributed by atoms with Gasteiger partial charge in [-0.15, -0.1) is 0 Å². The molecule has 108 valence electrons. The maximum absolute atomic E-state index is 11.9. The number of aromatic hydroxyl groups is 1. The maximum atomic E-state index is 11.9. The van der Waals surface area contributed by atoms with Gasteiger partial charge >= 0.3 is 0 Å². The lowest BCUT2D eigenvalue weighted by molar-refractivity contribution is 0.0938. The molecule has 2 rings (SSSR count). The second-order valence-corrected chi connectivity index (χ2v) is 5.27. The number of hydrogen-bond donors (Lipinski definition) is 3. The predicted molar refractivity (Wildman–Crippen MR) is 85.7 cm³/mol. The zero-order valence-electron chi connectivity index (χ0n) is 11.2. The Morgan fingerprint density at radius 3 is 2.71 bits per heavy atom. The van der Waals surface area contributed by atoms with Crippen molar-refractivity contribution in [3.8, 4) is 5.75 Å². The summed E-state index contributed by atoms with van der Waals surface area (Å²) in [6.45, 7) is 0. The van der Waals surface area contributed by atoms with Gasteiger partial charge < -0.3 is 10.5 Å². The largest absolute Gasteiger partial charge is 0.507 e. The Morgan fingerprint density at radius 2 is 1.95 bits per heavy atom. The number of rotatable bonds is 5. The van der Waals surface area contributed by atoms with Crippen molar-refractivity contribution in [1.29, 1.82) is 0 Å². The topological polar surface area (TPSA) is 61.4 Å². The second kappa shape index (κ2) is 7.50. The molecule has 0 atom stereocenters. The highest BCUT2D eigenvalue weighted by Gasteiger charge is 2.10. The second-order valence-electron chi connectivity index (χ2n) is 4.35. The molecule has 0 aromatic heterocycles. The normalized spacial score (nSPS) is 10.5. The van der Waals surface area contributed by atoms with E-state index in [1.165, 1.54) is 11.6 Å². The summed E-state index contributed by atoms with van der Waals surface area (Å²) in [6, 6.07) is 14.7. The van der Waals surface area contributed by atoms with Crippen LogP contribution in [0.4, 0.5) is 0 Å². The fraction of sp³-hybridized carbons (Fsp3) is 0.0625. The van der Waals surface area contributed by atoms with Crippen molar-refractivity contribution in [3.63, 3.8) is 0 Å². The highest BCUT2D eigenvalue weighted by molar-refractivity contribution is 9.10. The fourth-order valence-corrected chi connectivity index (χ4v) is 2.09. The Labute approximate surface area is 131 Å². The Hall–Kier alpha value is -2.27. The Bertz CT molecular complexity index is 642. The van der Waals surface area contributed by atoms with Gasteiger partial charge in [0.1, 0.15) is 5.75 Å². The molecule has 0 spiro atoms. The van der Waals surface area contributed by atoms with E-state index < -0.39 is 5.91 Å². The predicted octanol–water partition coefficient (Wildman–Crippen LogP) is 3.15. The number of hydrazine groups is 1. The minimum atomic E-state index is -0.404. The Balaban J connectivity index is 1.83. The van der Waals surface area contributed by atoms with Gasteiger partial charge in [0.15, 0.2) is 0 Å². The summed E-state index contributed by atoms with van der Waals surface area (Å²) in [5.74, 6) is -0.469. The first-order valence-corrected chi connectivity index (χ1v) is 7.19. The maximum Gasteiger partial charge on any atom is 0.273 e. The summed E-state index contributed by atoms with van der Waals surface area (Å²) in [4.78, 5) is 11.9. The van der Waals surface area contributed by atoms with Gasteiger partial charge in [-0.05, 0) is 30.2 Å². The van der Waals surface area contributed by atoms with E-state index in [1.54, 1.807) is 18.3 Å². The Morgan fingerprint density at radius 1 is 1.19 bits per heavy atom. The standard InChI is InChI=1S/C16H15BrN2O2/c17-13-8-9-15(20)14(11-13)16(21)19-18-10-4-7-12-5-2-1-3-6-12/h1-6,8-11,18,20H,7H2,(H,19,21). The van der Waals surface area contributed by atoms with Crippen LogP contribution >= 0.6 is 15.9 Å². The third-order valence-corrected chi connectivity index (χ3v) is 3.28. The van der Waals surface area contributed by atoms with Crippen LogP contribution < -0.4 is 10.9 Å². The van der Waals surface area contributed by atoms with Gasteiger partial charge in [0.25, 0.3) is 5.91 Å². The summed E-state index contributed by atoms with van der Waals surface area (Å²) in [5.41, 5.74) is 6.58. The summed E-state index contributed by atoms with van der Waals surface area (Å²) in [5, 5.41) is 9.63. The van der Waals surface area contributed by atoms with Crippen molar-refractivity contribution < 1.29 is 9.90 Å². The van der Waals surface area contributed by atoms with E-state index in [-0.39, 0.29) is 11.3 Å². The van der Waals surface area contributed by atoms with Crippen LogP contribution in [0.5, 0.6) is 5.75 Å². The van der Waals surface area contributed by atoms with Crippen molar-refractivity contribution >= 4 is 21.8 Å². The summed E-state index contributed by atoms with van der Waals surface area (Å²) in [6.07, 6.45) is 4.32. The number of carbonyl (C=O) groups excluding carboxylic acids is 1. The van der Waals surface area contributed by atoms with E-state index >= 15 is 0 Å². The minimum absolute atomic E-state index is 0.0641. The molecule has 0 bridgehead atoms. The molecular weight excluding hydrogens is 332 g/mol. The summed E-state index contributed by atoms with van der Waals surface area (Å²) >= 11 is 3.26. The number of nitrogens with one attached hydrogen (secondary N) is 2. The van der Waals surface area contributed by atoms with Crippen LogP contribution in [0, 0.1) is 0 Å². The number of halogens is 1. The number of benzene rings is 2. The number of phenols is 1. The number of amides is 1. The van der Waals surface area contributed by atoms with E-state index in [9.17, 15) is 9.90 Å². The van der Waals surface area contributed by atoms with Crippen molar-refractivity contribution in [3.05, 3.63) is 76.4 Å². The monoisotopic (exact) mass is 346 g/mol. The molecule has 0 unspecified atom stereocenters. The van der Waals surface area contributed by atoms with Crippen molar-refractivity contribution in [2.24, 2.45) is 0 Å². The third-order valence-electron chi connectivity index (χ3n) is 2.79. The fourth-order valence-electron chi connectivity index (χ4n) is 1.73. The highest BCUT2D eigenvalue weighted by atomic mass is 79.9. The first-order valence-electron chi connectivity index (χ1n) is 6.40. The molecule has 2 aromatic carbocycles. The van der Waals surface area contributed by atoms with Crippen LogP contribution in [0.15, 0.2) is 65.3 Å². The molecule has 0 aliphatic carbocycles. The van der Waals surface area contributed by atoms with Crippen LogP contribution in [0.3, 0.4) is 0 Å². The third kappa shape index (κ3) is 4.65. The van der Waals surface area contributed by atoms with Gasteiger partial charge in [0.2, 0.25) is 0 Å². The highest BCUT2D eigenvalue weighted by Crippen LogP contribution is 2.21. The summed E-state index contributed by atoms with van der Waals surface area (Å²) in [7, 11) is 0. The number of carbonyl (C=O) groups is 1. The van der Waals surface area contributed by atoms with Crippen LogP contribution in [0.25, 0.3) is 0 Å². The lowest BCUT2D eigenvalue weighted by Gasteiger charge is -2.06. The van der Waals surface area contributed by atoms with E-state index in [0.29, 0.717) is 0 Å². The zero-order chi connectivity index (χ0) is 15.1. The van der Waals surface area contributed by atoms with Gasteiger partial charge in [0.05, 0.1) is 5.56 Å². The zero-order valence-corrected chi connectivity index (χ0v) is 12.8. The average Bonchev–Trinajstić information content (AvgIpc) is 2.50. The number of hydrogen-bond acceptors (Lipinski definition) is 3. The molecule has 0 aliphatic rings.